The van der Waals surface area contributed by atoms with E-state index in [1.165, 1.54) is 32.0 Å². The number of esters is 1. The number of piperidine rings is 1. The number of ether oxygens (including phenoxy) is 1. The third-order valence-corrected chi connectivity index (χ3v) is 9.25. The van der Waals surface area contributed by atoms with Gasteiger partial charge < -0.3 is 15.0 Å². The molecular formula is C36H37F7N4O3. The quantitative estimate of drug-likeness (QED) is 0.167. The fourth-order valence-electron chi connectivity index (χ4n) is 6.06. The van der Waals surface area contributed by atoms with Gasteiger partial charge in [-0.15, -0.1) is 0 Å². The van der Waals surface area contributed by atoms with Crippen molar-refractivity contribution in [3.63, 3.8) is 0 Å². The number of Topliss-reactive ketones (excluding diaryl/α,β-unsaturated/α-hetero) is 1. The third kappa shape index (κ3) is 8.37. The molecule has 14 heteroatoms. The van der Waals surface area contributed by atoms with Gasteiger partial charge in [-0.1, -0.05) is 13.0 Å². The highest BCUT2D eigenvalue weighted by Crippen LogP contribution is 2.40. The van der Waals surface area contributed by atoms with E-state index in [0.717, 1.165) is 0 Å². The molecule has 0 bridgehead atoms. The summed E-state index contributed by atoms with van der Waals surface area (Å²) in [7, 11) is 0. The smallest absolute Gasteiger partial charge is 0.416 e. The van der Waals surface area contributed by atoms with E-state index in [9.17, 15) is 45.6 Å². The predicted molar refractivity (Wildman–Crippen MR) is 173 cm³/mol. The SMILES string of the molecule is CCOC(=O)C(C)C1CCN(c2cc(-c3ccc(F)cc3C)c(NCC(=O)C(C)(C)c3cc(C(F)(F)F)cc(C(F)(F)F)c3)c(C#N)n2)CC1. The second-order valence-corrected chi connectivity index (χ2v) is 12.9. The third-order valence-electron chi connectivity index (χ3n) is 9.25. The summed E-state index contributed by atoms with van der Waals surface area (Å²) in [6, 6.07) is 8.74. The predicted octanol–water partition coefficient (Wildman–Crippen LogP) is 8.48. The molecule has 1 fully saturated rings. The topological polar surface area (TPSA) is 95.3 Å². The van der Waals surface area contributed by atoms with Gasteiger partial charge in [0.05, 0.1) is 41.3 Å². The molecule has 2 aromatic carbocycles. The van der Waals surface area contributed by atoms with Crippen LogP contribution in [0.1, 0.15) is 68.5 Å². The fourth-order valence-corrected chi connectivity index (χ4v) is 6.06. The standard InChI is InChI=1S/C36H37F7N4O3/c1-6-50-33(49)21(3)22-9-11-47(12-10-22)31-17-28(27-8-7-26(37)13-20(27)2)32(29(18-44)46-31)45-19-30(48)34(4,5)23-14-24(35(38,39)40)16-25(15-23)36(41,42)43/h7-8,13-17,21-22,45H,6,9-12,19H2,1-5H3. The fraction of sp³-hybridized carbons (Fsp3) is 0.444. The average molecular weight is 707 g/mol. The molecule has 0 amide bonds. The summed E-state index contributed by atoms with van der Waals surface area (Å²) in [4.78, 5) is 32.4. The van der Waals surface area contributed by atoms with Crippen molar-refractivity contribution in [2.45, 2.75) is 65.2 Å². The summed E-state index contributed by atoms with van der Waals surface area (Å²) < 4.78 is 101. The Bertz CT molecular complexity index is 1760. The number of hydrogen-bond acceptors (Lipinski definition) is 7. The van der Waals surface area contributed by atoms with E-state index in [2.05, 4.69) is 10.3 Å². The van der Waals surface area contributed by atoms with Gasteiger partial charge in [0.1, 0.15) is 17.7 Å². The number of aryl methyl sites for hydroxylation is 1. The second kappa shape index (κ2) is 14.7. The Labute approximate surface area is 285 Å². The lowest BCUT2D eigenvalue weighted by molar-refractivity contribution is -0.149. The Morgan fingerprint density at radius 1 is 0.980 bits per heavy atom. The monoisotopic (exact) mass is 706 g/mol. The number of rotatable bonds is 10. The summed E-state index contributed by atoms with van der Waals surface area (Å²) in [5.74, 6) is -1.36. The number of halogens is 7. The van der Waals surface area contributed by atoms with E-state index in [1.807, 2.05) is 17.9 Å². The van der Waals surface area contributed by atoms with E-state index in [-0.39, 0.29) is 41.9 Å². The zero-order valence-corrected chi connectivity index (χ0v) is 28.2. The van der Waals surface area contributed by atoms with Gasteiger partial charge in [0, 0.05) is 18.7 Å². The summed E-state index contributed by atoms with van der Waals surface area (Å²) >= 11 is 0. The molecule has 1 aliphatic rings. The molecule has 1 aromatic heterocycles. The van der Waals surface area contributed by atoms with Crippen molar-refractivity contribution in [2.24, 2.45) is 11.8 Å². The molecule has 1 atom stereocenters. The molecule has 50 heavy (non-hydrogen) atoms. The van der Waals surface area contributed by atoms with Crippen molar-refractivity contribution in [1.82, 2.24) is 4.98 Å². The molecule has 2 heterocycles. The zero-order chi connectivity index (χ0) is 37.2. The number of anilines is 2. The van der Waals surface area contributed by atoms with Crippen LogP contribution in [-0.4, -0.2) is 43.0 Å². The van der Waals surface area contributed by atoms with Crippen LogP contribution in [0, 0.1) is 35.9 Å². The molecule has 268 valence electrons. The number of nitriles is 1. The first kappa shape index (κ1) is 38.1. The highest BCUT2D eigenvalue weighted by atomic mass is 19.4. The van der Waals surface area contributed by atoms with Gasteiger partial charge in [0.25, 0.3) is 0 Å². The number of alkyl halides is 6. The minimum absolute atomic E-state index is 0.00447. The normalized spacial score (nSPS) is 15.0. The van der Waals surface area contributed by atoms with Gasteiger partial charge >= 0.3 is 18.3 Å². The van der Waals surface area contributed by atoms with Gasteiger partial charge in [0.2, 0.25) is 0 Å². The lowest BCUT2D eigenvalue weighted by Gasteiger charge is -2.35. The van der Waals surface area contributed by atoms with E-state index < -0.39 is 52.6 Å². The molecule has 1 unspecified atom stereocenters. The van der Waals surface area contributed by atoms with Crippen LogP contribution in [0.2, 0.25) is 0 Å². The Morgan fingerprint density at radius 2 is 1.56 bits per heavy atom. The second-order valence-electron chi connectivity index (χ2n) is 12.9. The number of nitrogens with zero attached hydrogens (tertiary/aromatic N) is 3. The summed E-state index contributed by atoms with van der Waals surface area (Å²) in [5, 5.41) is 13.1. The van der Waals surface area contributed by atoms with Crippen LogP contribution in [0.4, 0.5) is 42.2 Å². The number of pyridine rings is 1. The lowest BCUT2D eigenvalue weighted by atomic mass is 9.79. The number of ketones is 1. The van der Waals surface area contributed by atoms with E-state index in [1.54, 1.807) is 19.9 Å². The molecule has 7 nitrogen and oxygen atoms in total. The molecule has 0 spiro atoms. The van der Waals surface area contributed by atoms with Crippen LogP contribution < -0.4 is 10.2 Å². The Balaban J connectivity index is 1.69. The number of benzene rings is 2. The lowest BCUT2D eigenvalue weighted by Crippen LogP contribution is -2.38. The van der Waals surface area contributed by atoms with Gasteiger partial charge in [-0.2, -0.15) is 31.6 Å². The van der Waals surface area contributed by atoms with Crippen LogP contribution in [0.5, 0.6) is 0 Å². The minimum Gasteiger partial charge on any atom is -0.466 e. The van der Waals surface area contributed by atoms with Crippen LogP contribution in [-0.2, 0) is 32.1 Å². The van der Waals surface area contributed by atoms with E-state index in [4.69, 9.17) is 4.74 Å². The molecule has 3 aromatic rings. The number of aromatic nitrogens is 1. The van der Waals surface area contributed by atoms with E-state index in [0.29, 0.717) is 60.6 Å². The van der Waals surface area contributed by atoms with Crippen molar-refractivity contribution in [2.75, 3.05) is 36.5 Å². The summed E-state index contributed by atoms with van der Waals surface area (Å²) in [6.45, 7) is 8.35. The molecule has 0 aliphatic carbocycles. The highest BCUT2D eigenvalue weighted by Gasteiger charge is 2.40. The largest absolute Gasteiger partial charge is 0.466 e. The maximum atomic E-state index is 14.1. The van der Waals surface area contributed by atoms with Crippen molar-refractivity contribution < 1.29 is 45.1 Å². The molecule has 0 radical (unpaired) electrons. The van der Waals surface area contributed by atoms with Crippen molar-refractivity contribution in [1.29, 1.82) is 5.26 Å². The summed E-state index contributed by atoms with van der Waals surface area (Å²) in [5.41, 5.74) is -4.08. The number of nitrogens with one attached hydrogen (secondary N) is 1. The summed E-state index contributed by atoms with van der Waals surface area (Å²) in [6.07, 6.45) is -8.91. The van der Waals surface area contributed by atoms with Crippen LogP contribution in [0.15, 0.2) is 42.5 Å². The molecule has 1 saturated heterocycles. The van der Waals surface area contributed by atoms with Gasteiger partial charge in [-0.25, -0.2) is 9.37 Å². The highest BCUT2D eigenvalue weighted by molar-refractivity contribution is 5.94. The number of carbonyl (C=O) groups excluding carboxylic acids is 2. The maximum Gasteiger partial charge on any atom is 0.416 e. The molecule has 4 rings (SSSR count). The maximum absolute atomic E-state index is 14.1. The van der Waals surface area contributed by atoms with Crippen LogP contribution >= 0.6 is 0 Å². The molecular weight excluding hydrogens is 669 g/mol. The first-order valence-electron chi connectivity index (χ1n) is 16.0. The van der Waals surface area contributed by atoms with Gasteiger partial charge in [-0.3, -0.25) is 9.59 Å². The van der Waals surface area contributed by atoms with Crippen molar-refractivity contribution >= 4 is 23.3 Å². The van der Waals surface area contributed by atoms with Crippen molar-refractivity contribution in [3.8, 4) is 17.2 Å². The molecule has 1 N–H and O–H groups in total. The van der Waals surface area contributed by atoms with Gasteiger partial charge in [-0.05, 0) is 99.5 Å². The first-order chi connectivity index (χ1) is 23.3. The van der Waals surface area contributed by atoms with Crippen LogP contribution in [0.25, 0.3) is 11.1 Å². The number of carbonyl (C=O) groups is 2. The average Bonchev–Trinajstić information content (AvgIpc) is 3.05. The Kier molecular flexibility index (Phi) is 11.2. The van der Waals surface area contributed by atoms with Crippen molar-refractivity contribution in [3.05, 3.63) is 76.2 Å². The first-order valence-corrected chi connectivity index (χ1v) is 16.0. The minimum atomic E-state index is -5.10. The van der Waals surface area contributed by atoms with Gasteiger partial charge in [0.15, 0.2) is 11.5 Å². The van der Waals surface area contributed by atoms with Crippen LogP contribution in [0.3, 0.4) is 0 Å². The van der Waals surface area contributed by atoms with E-state index >= 15 is 0 Å². The molecule has 0 saturated carbocycles. The number of hydrogen-bond donors (Lipinski definition) is 1. The zero-order valence-electron chi connectivity index (χ0n) is 28.2. The molecule has 1 aliphatic heterocycles. The Morgan fingerprint density at radius 3 is 2.08 bits per heavy atom. The Hall–Kier alpha value is -4.67.